The fraction of sp³-hybridized carbons (Fsp3) is 0.455. The standard InChI is InChI=1S/C11H16N2O/c1-8-4-9(12)6-10(5-8)13-11(7-14)2-3-11/h4-6,13-14H,2-3,7,12H2,1H3. The summed E-state index contributed by atoms with van der Waals surface area (Å²) >= 11 is 0. The molecule has 0 heterocycles. The lowest BCUT2D eigenvalue weighted by Gasteiger charge is -2.16. The zero-order valence-corrected chi connectivity index (χ0v) is 8.38. The van der Waals surface area contributed by atoms with Crippen molar-refractivity contribution >= 4 is 11.4 Å². The van der Waals surface area contributed by atoms with Crippen LogP contribution in [0.3, 0.4) is 0 Å². The highest BCUT2D eigenvalue weighted by atomic mass is 16.3. The van der Waals surface area contributed by atoms with Crippen molar-refractivity contribution in [1.82, 2.24) is 0 Å². The lowest BCUT2D eigenvalue weighted by atomic mass is 10.1. The highest BCUT2D eigenvalue weighted by molar-refractivity contribution is 5.58. The van der Waals surface area contributed by atoms with E-state index in [1.54, 1.807) is 0 Å². The van der Waals surface area contributed by atoms with Crippen LogP contribution in [-0.4, -0.2) is 17.3 Å². The van der Waals surface area contributed by atoms with Gasteiger partial charge in [0.1, 0.15) is 0 Å². The molecule has 4 N–H and O–H groups in total. The third-order valence-corrected chi connectivity index (χ3v) is 2.67. The Morgan fingerprint density at radius 2 is 2.14 bits per heavy atom. The van der Waals surface area contributed by atoms with Gasteiger partial charge < -0.3 is 16.2 Å². The largest absolute Gasteiger partial charge is 0.399 e. The number of nitrogens with one attached hydrogen (secondary N) is 1. The number of hydrogen-bond acceptors (Lipinski definition) is 3. The van der Waals surface area contributed by atoms with Gasteiger partial charge in [-0.1, -0.05) is 0 Å². The van der Waals surface area contributed by atoms with Gasteiger partial charge in [-0.05, 0) is 43.5 Å². The van der Waals surface area contributed by atoms with Gasteiger partial charge in [0.2, 0.25) is 0 Å². The Kier molecular flexibility index (Phi) is 2.11. The van der Waals surface area contributed by atoms with Crippen LogP contribution in [0.5, 0.6) is 0 Å². The number of anilines is 2. The summed E-state index contributed by atoms with van der Waals surface area (Å²) in [7, 11) is 0. The summed E-state index contributed by atoms with van der Waals surface area (Å²) in [5.41, 5.74) is 8.58. The van der Waals surface area contributed by atoms with Crippen LogP contribution in [0, 0.1) is 6.92 Å². The Morgan fingerprint density at radius 1 is 1.43 bits per heavy atom. The van der Waals surface area contributed by atoms with Gasteiger partial charge in [-0.3, -0.25) is 0 Å². The van der Waals surface area contributed by atoms with Crippen molar-refractivity contribution in [2.45, 2.75) is 25.3 Å². The zero-order chi connectivity index (χ0) is 10.2. The van der Waals surface area contributed by atoms with Crippen LogP contribution in [0.25, 0.3) is 0 Å². The van der Waals surface area contributed by atoms with Crippen molar-refractivity contribution < 1.29 is 5.11 Å². The van der Waals surface area contributed by atoms with Gasteiger partial charge in [0.25, 0.3) is 0 Å². The molecule has 0 atom stereocenters. The quantitative estimate of drug-likeness (QED) is 0.636. The number of aliphatic hydroxyl groups excluding tert-OH is 1. The number of benzene rings is 1. The van der Waals surface area contributed by atoms with Gasteiger partial charge in [-0.25, -0.2) is 0 Å². The smallest absolute Gasteiger partial charge is 0.0661 e. The maximum Gasteiger partial charge on any atom is 0.0661 e. The Labute approximate surface area is 83.9 Å². The lowest BCUT2D eigenvalue weighted by Crippen LogP contribution is -2.25. The second-order valence-electron chi connectivity index (χ2n) is 4.20. The van der Waals surface area contributed by atoms with Gasteiger partial charge in [0, 0.05) is 11.4 Å². The first-order valence-corrected chi connectivity index (χ1v) is 4.90. The second kappa shape index (κ2) is 3.17. The third kappa shape index (κ3) is 1.82. The molecule has 0 unspecified atom stereocenters. The van der Waals surface area contributed by atoms with Gasteiger partial charge in [0.05, 0.1) is 12.1 Å². The first kappa shape index (κ1) is 9.34. The van der Waals surface area contributed by atoms with Gasteiger partial charge in [-0.2, -0.15) is 0 Å². The molecule has 1 aliphatic rings. The third-order valence-electron chi connectivity index (χ3n) is 2.67. The van der Waals surface area contributed by atoms with Crippen LogP contribution >= 0.6 is 0 Å². The van der Waals surface area contributed by atoms with Crippen LogP contribution in [-0.2, 0) is 0 Å². The van der Waals surface area contributed by atoms with E-state index in [1.807, 2.05) is 25.1 Å². The van der Waals surface area contributed by atoms with E-state index in [4.69, 9.17) is 10.8 Å². The summed E-state index contributed by atoms with van der Waals surface area (Å²) in [5, 5.41) is 12.5. The van der Waals surface area contributed by atoms with Crippen molar-refractivity contribution in [3.63, 3.8) is 0 Å². The Bertz CT molecular complexity index is 325. The monoisotopic (exact) mass is 192 g/mol. The normalized spacial score (nSPS) is 17.9. The molecule has 0 aromatic heterocycles. The molecule has 0 radical (unpaired) electrons. The number of hydrogen-bond donors (Lipinski definition) is 3. The predicted octanol–water partition coefficient (Wildman–Crippen LogP) is 1.51. The van der Waals surface area contributed by atoms with Crippen molar-refractivity contribution in [3.05, 3.63) is 23.8 Å². The van der Waals surface area contributed by atoms with Crippen molar-refractivity contribution in [2.75, 3.05) is 17.7 Å². The molecule has 1 aliphatic carbocycles. The number of aryl methyl sites for hydroxylation is 1. The lowest BCUT2D eigenvalue weighted by molar-refractivity contribution is 0.266. The molecule has 76 valence electrons. The average molecular weight is 192 g/mol. The molecular formula is C11H16N2O. The molecule has 1 aromatic carbocycles. The van der Waals surface area contributed by atoms with Gasteiger partial charge >= 0.3 is 0 Å². The molecule has 0 amide bonds. The number of aliphatic hydroxyl groups is 1. The van der Waals surface area contributed by atoms with E-state index in [1.165, 1.54) is 0 Å². The van der Waals surface area contributed by atoms with Crippen LogP contribution < -0.4 is 11.1 Å². The van der Waals surface area contributed by atoms with E-state index in [0.717, 1.165) is 29.8 Å². The van der Waals surface area contributed by atoms with Crippen LogP contribution in [0.2, 0.25) is 0 Å². The molecule has 1 aromatic rings. The fourth-order valence-electron chi connectivity index (χ4n) is 1.66. The van der Waals surface area contributed by atoms with E-state index in [0.29, 0.717) is 0 Å². The molecule has 0 bridgehead atoms. The van der Waals surface area contributed by atoms with Crippen LogP contribution in [0.15, 0.2) is 18.2 Å². The van der Waals surface area contributed by atoms with E-state index in [-0.39, 0.29) is 12.1 Å². The molecule has 1 saturated carbocycles. The molecule has 0 saturated heterocycles. The molecule has 14 heavy (non-hydrogen) atoms. The van der Waals surface area contributed by atoms with Crippen molar-refractivity contribution in [3.8, 4) is 0 Å². The van der Waals surface area contributed by atoms with E-state index in [9.17, 15) is 0 Å². The highest BCUT2D eigenvalue weighted by Crippen LogP contribution is 2.38. The number of nitrogen functional groups attached to an aromatic ring is 1. The molecule has 3 heteroatoms. The second-order valence-corrected chi connectivity index (χ2v) is 4.20. The highest BCUT2D eigenvalue weighted by Gasteiger charge is 2.41. The number of rotatable bonds is 3. The summed E-state index contributed by atoms with van der Waals surface area (Å²) in [4.78, 5) is 0. The summed E-state index contributed by atoms with van der Waals surface area (Å²) in [5.74, 6) is 0. The molecular weight excluding hydrogens is 176 g/mol. The first-order valence-electron chi connectivity index (χ1n) is 4.90. The summed E-state index contributed by atoms with van der Waals surface area (Å²) in [6.45, 7) is 2.21. The zero-order valence-electron chi connectivity index (χ0n) is 8.38. The summed E-state index contributed by atoms with van der Waals surface area (Å²) < 4.78 is 0. The minimum absolute atomic E-state index is 0.0692. The number of nitrogens with two attached hydrogens (primary N) is 1. The molecule has 0 spiro atoms. The molecule has 3 nitrogen and oxygen atoms in total. The fourth-order valence-corrected chi connectivity index (χ4v) is 1.66. The Hall–Kier alpha value is -1.22. The van der Waals surface area contributed by atoms with E-state index < -0.39 is 0 Å². The molecule has 2 rings (SSSR count). The van der Waals surface area contributed by atoms with Crippen molar-refractivity contribution in [1.29, 1.82) is 0 Å². The Balaban J connectivity index is 2.16. The predicted molar refractivity (Wildman–Crippen MR) is 58.3 cm³/mol. The minimum atomic E-state index is -0.0692. The Morgan fingerprint density at radius 3 is 2.64 bits per heavy atom. The first-order chi connectivity index (χ1) is 6.63. The maximum absolute atomic E-state index is 9.16. The summed E-state index contributed by atoms with van der Waals surface area (Å²) in [6.07, 6.45) is 2.08. The average Bonchev–Trinajstić information content (AvgIpc) is 2.83. The maximum atomic E-state index is 9.16. The van der Waals surface area contributed by atoms with Crippen LogP contribution in [0.1, 0.15) is 18.4 Å². The van der Waals surface area contributed by atoms with Crippen LogP contribution in [0.4, 0.5) is 11.4 Å². The van der Waals surface area contributed by atoms with Gasteiger partial charge in [-0.15, -0.1) is 0 Å². The molecule has 0 aliphatic heterocycles. The van der Waals surface area contributed by atoms with E-state index >= 15 is 0 Å². The molecule has 1 fully saturated rings. The van der Waals surface area contributed by atoms with Crippen molar-refractivity contribution in [2.24, 2.45) is 0 Å². The topological polar surface area (TPSA) is 58.3 Å². The van der Waals surface area contributed by atoms with E-state index in [2.05, 4.69) is 5.32 Å². The minimum Gasteiger partial charge on any atom is -0.399 e. The summed E-state index contributed by atoms with van der Waals surface area (Å²) in [6, 6.07) is 5.89. The van der Waals surface area contributed by atoms with Gasteiger partial charge in [0.15, 0.2) is 0 Å². The SMILES string of the molecule is Cc1cc(N)cc(NC2(CO)CC2)c1.